The number of para-hydroxylation sites is 1. The highest BCUT2D eigenvalue weighted by atomic mass is 32.1. The maximum Gasteiger partial charge on any atom is 0.261 e. The van der Waals surface area contributed by atoms with E-state index < -0.39 is 0 Å². The van der Waals surface area contributed by atoms with E-state index in [9.17, 15) is 4.79 Å². The Morgan fingerprint density at radius 3 is 2.64 bits per heavy atom. The van der Waals surface area contributed by atoms with E-state index in [1.54, 1.807) is 14.2 Å². The average Bonchev–Trinajstić information content (AvgIpc) is 3.19. The predicted octanol–water partition coefficient (Wildman–Crippen LogP) is 2.24. The number of rotatable bonds is 8. The first-order valence-electron chi connectivity index (χ1n) is 8.12. The van der Waals surface area contributed by atoms with Gasteiger partial charge in [0.25, 0.3) is 5.91 Å². The third-order valence-corrected chi connectivity index (χ3v) is 4.41. The number of guanidine groups is 1. The number of carbonyl (C=O) groups excluding carboxylic acids is 1. The van der Waals surface area contributed by atoms with E-state index in [-0.39, 0.29) is 5.91 Å². The Morgan fingerprint density at radius 2 is 1.92 bits per heavy atom. The van der Waals surface area contributed by atoms with Gasteiger partial charge in [-0.1, -0.05) is 24.3 Å². The molecule has 0 bridgehead atoms. The lowest BCUT2D eigenvalue weighted by Gasteiger charge is -2.13. The molecule has 2 aromatic rings. The highest BCUT2D eigenvalue weighted by Crippen LogP contribution is 2.16. The number of nitrogens with one attached hydrogen (secondary N) is 3. The fourth-order valence-corrected chi connectivity index (χ4v) is 2.88. The molecule has 1 aromatic carbocycles. The van der Waals surface area contributed by atoms with Crippen molar-refractivity contribution in [1.82, 2.24) is 16.0 Å². The zero-order chi connectivity index (χ0) is 17.9. The summed E-state index contributed by atoms with van der Waals surface area (Å²) in [6.07, 6.45) is 0.812. The molecule has 0 saturated carbocycles. The van der Waals surface area contributed by atoms with Gasteiger partial charge < -0.3 is 20.7 Å². The number of nitrogens with zero attached hydrogens (tertiary/aromatic N) is 1. The number of carbonyl (C=O) groups is 1. The molecule has 25 heavy (non-hydrogen) atoms. The fraction of sp³-hybridized carbons (Fsp3) is 0.333. The first kappa shape index (κ1) is 18.8. The number of ether oxygens (including phenoxy) is 1. The summed E-state index contributed by atoms with van der Waals surface area (Å²) >= 11 is 1.44. The van der Waals surface area contributed by atoms with Crippen LogP contribution in [0.3, 0.4) is 0 Å². The minimum absolute atomic E-state index is 0.0197. The molecule has 0 saturated heterocycles. The summed E-state index contributed by atoms with van der Waals surface area (Å²) in [5.74, 6) is 1.55. The summed E-state index contributed by atoms with van der Waals surface area (Å²) in [6, 6.07) is 11.6. The normalized spacial score (nSPS) is 11.0. The predicted molar refractivity (Wildman–Crippen MR) is 102 cm³/mol. The molecule has 0 spiro atoms. The first-order chi connectivity index (χ1) is 12.2. The summed E-state index contributed by atoms with van der Waals surface area (Å²) < 4.78 is 5.34. The number of benzene rings is 1. The van der Waals surface area contributed by atoms with E-state index in [1.807, 2.05) is 41.8 Å². The van der Waals surface area contributed by atoms with Crippen molar-refractivity contribution in [2.45, 2.75) is 13.0 Å². The Labute approximate surface area is 152 Å². The number of thiophene rings is 1. The molecule has 0 aliphatic heterocycles. The molecule has 0 radical (unpaired) electrons. The Morgan fingerprint density at radius 1 is 1.12 bits per heavy atom. The summed E-state index contributed by atoms with van der Waals surface area (Å²) in [7, 11) is 3.40. The molecule has 0 fully saturated rings. The van der Waals surface area contributed by atoms with Crippen molar-refractivity contribution in [1.29, 1.82) is 0 Å². The number of hydrogen-bond donors (Lipinski definition) is 3. The van der Waals surface area contributed by atoms with Crippen LogP contribution >= 0.6 is 11.3 Å². The Bertz CT molecular complexity index is 686. The van der Waals surface area contributed by atoms with Crippen LogP contribution in [0, 0.1) is 0 Å². The van der Waals surface area contributed by atoms with Crippen molar-refractivity contribution in [3.8, 4) is 5.75 Å². The molecule has 7 heteroatoms. The third kappa shape index (κ3) is 6.11. The number of methoxy groups -OCH3 is 1. The van der Waals surface area contributed by atoms with Crippen LogP contribution in [0.4, 0.5) is 0 Å². The second kappa shape index (κ2) is 10.4. The van der Waals surface area contributed by atoms with Gasteiger partial charge in [-0.25, -0.2) is 0 Å². The first-order valence-corrected chi connectivity index (χ1v) is 9.00. The monoisotopic (exact) mass is 360 g/mol. The van der Waals surface area contributed by atoms with Crippen molar-refractivity contribution >= 4 is 23.2 Å². The highest BCUT2D eigenvalue weighted by molar-refractivity contribution is 7.12. The largest absolute Gasteiger partial charge is 0.496 e. The second-order valence-corrected chi connectivity index (χ2v) is 6.20. The fourth-order valence-electron chi connectivity index (χ4n) is 2.24. The molecule has 1 amide bonds. The van der Waals surface area contributed by atoms with E-state index in [4.69, 9.17) is 4.74 Å². The van der Waals surface area contributed by atoms with Crippen molar-refractivity contribution in [3.05, 3.63) is 52.2 Å². The SMILES string of the molecule is CN=C(NCCCNC(=O)c1cccs1)NCc1ccccc1OC. The number of hydrogen-bond acceptors (Lipinski definition) is 4. The summed E-state index contributed by atoms with van der Waals surface area (Å²) in [4.78, 5) is 16.7. The van der Waals surface area contributed by atoms with Crippen molar-refractivity contribution in [2.75, 3.05) is 27.2 Å². The summed E-state index contributed by atoms with van der Waals surface area (Å²) in [6.45, 7) is 1.96. The number of aliphatic imine (C=N–C) groups is 1. The lowest BCUT2D eigenvalue weighted by Crippen LogP contribution is -2.38. The molecule has 0 unspecified atom stereocenters. The molecule has 6 nitrogen and oxygen atoms in total. The lowest BCUT2D eigenvalue weighted by atomic mass is 10.2. The minimum Gasteiger partial charge on any atom is -0.496 e. The topological polar surface area (TPSA) is 74.8 Å². The van der Waals surface area contributed by atoms with Crippen LogP contribution < -0.4 is 20.7 Å². The molecular formula is C18H24N4O2S. The van der Waals surface area contributed by atoms with Crippen LogP contribution in [-0.2, 0) is 6.54 Å². The van der Waals surface area contributed by atoms with Gasteiger partial charge in [0.15, 0.2) is 5.96 Å². The quantitative estimate of drug-likeness (QED) is 0.383. The molecule has 3 N–H and O–H groups in total. The van der Waals surface area contributed by atoms with Gasteiger partial charge in [0.1, 0.15) is 5.75 Å². The van der Waals surface area contributed by atoms with Crippen LogP contribution in [0.25, 0.3) is 0 Å². The third-order valence-electron chi connectivity index (χ3n) is 3.54. The summed E-state index contributed by atoms with van der Waals surface area (Å²) in [5.41, 5.74) is 1.07. The zero-order valence-electron chi connectivity index (χ0n) is 14.5. The molecule has 0 aliphatic carbocycles. The standard InChI is InChI=1S/C18H24N4O2S/c1-19-18(22-13-14-7-3-4-8-15(14)24-2)21-11-6-10-20-17(23)16-9-5-12-25-16/h3-5,7-9,12H,6,10-11,13H2,1-2H3,(H,20,23)(H2,19,21,22). The maximum atomic E-state index is 11.8. The van der Waals surface area contributed by atoms with Gasteiger partial charge >= 0.3 is 0 Å². The van der Waals surface area contributed by atoms with Gasteiger partial charge in [-0.15, -0.1) is 11.3 Å². The van der Waals surface area contributed by atoms with E-state index in [1.165, 1.54) is 11.3 Å². The van der Waals surface area contributed by atoms with Crippen LogP contribution in [0.1, 0.15) is 21.7 Å². The van der Waals surface area contributed by atoms with E-state index >= 15 is 0 Å². The van der Waals surface area contributed by atoms with Crippen molar-refractivity contribution in [2.24, 2.45) is 4.99 Å². The smallest absolute Gasteiger partial charge is 0.261 e. The van der Waals surface area contributed by atoms with Crippen LogP contribution in [-0.4, -0.2) is 39.1 Å². The minimum atomic E-state index is -0.0197. The van der Waals surface area contributed by atoms with E-state index in [2.05, 4.69) is 20.9 Å². The van der Waals surface area contributed by atoms with Gasteiger partial charge in [-0.3, -0.25) is 9.79 Å². The molecule has 1 aromatic heterocycles. The lowest BCUT2D eigenvalue weighted by molar-refractivity contribution is 0.0957. The molecule has 2 rings (SSSR count). The van der Waals surface area contributed by atoms with E-state index in [0.29, 0.717) is 13.1 Å². The van der Waals surface area contributed by atoms with Gasteiger partial charge in [0, 0.05) is 32.2 Å². The van der Waals surface area contributed by atoms with Gasteiger partial charge in [0.05, 0.1) is 12.0 Å². The van der Waals surface area contributed by atoms with Crippen molar-refractivity contribution < 1.29 is 9.53 Å². The van der Waals surface area contributed by atoms with Gasteiger partial charge in [-0.05, 0) is 23.9 Å². The number of amides is 1. The van der Waals surface area contributed by atoms with Crippen molar-refractivity contribution in [3.63, 3.8) is 0 Å². The van der Waals surface area contributed by atoms with E-state index in [0.717, 1.165) is 35.1 Å². The van der Waals surface area contributed by atoms with Gasteiger partial charge in [0.2, 0.25) is 0 Å². The molecule has 0 atom stereocenters. The molecule has 0 aliphatic rings. The maximum absolute atomic E-state index is 11.8. The Hall–Kier alpha value is -2.54. The molecule has 1 heterocycles. The van der Waals surface area contributed by atoms with Crippen LogP contribution in [0.2, 0.25) is 0 Å². The summed E-state index contributed by atoms with van der Waals surface area (Å²) in [5, 5.41) is 11.3. The molecular weight excluding hydrogens is 336 g/mol. The second-order valence-electron chi connectivity index (χ2n) is 5.25. The average molecular weight is 360 g/mol. The Kier molecular flexibility index (Phi) is 7.78. The Balaban J connectivity index is 1.66. The zero-order valence-corrected chi connectivity index (χ0v) is 15.4. The molecule has 134 valence electrons. The van der Waals surface area contributed by atoms with Gasteiger partial charge in [-0.2, -0.15) is 0 Å². The van der Waals surface area contributed by atoms with Crippen LogP contribution in [0.15, 0.2) is 46.8 Å². The highest BCUT2D eigenvalue weighted by Gasteiger charge is 2.05. The van der Waals surface area contributed by atoms with Crippen LogP contribution in [0.5, 0.6) is 5.75 Å².